The van der Waals surface area contributed by atoms with E-state index in [1.165, 1.54) is 0 Å². The van der Waals surface area contributed by atoms with Gasteiger partial charge in [-0.3, -0.25) is 4.79 Å². The number of carboxylic acid groups (broad SMARTS) is 1. The van der Waals surface area contributed by atoms with Gasteiger partial charge >= 0.3 is 5.97 Å². The Morgan fingerprint density at radius 2 is 2.00 bits per heavy atom. The molecule has 0 aliphatic heterocycles. The molecule has 0 amide bonds. The fourth-order valence-electron chi connectivity index (χ4n) is 1.47. The van der Waals surface area contributed by atoms with E-state index < -0.39 is 21.6 Å². The van der Waals surface area contributed by atoms with E-state index in [1.54, 1.807) is 31.2 Å². The van der Waals surface area contributed by atoms with E-state index in [1.807, 2.05) is 6.07 Å². The minimum absolute atomic E-state index is 0.217. The third kappa shape index (κ3) is 4.19. The second-order valence-electron chi connectivity index (χ2n) is 4.07. The maximum absolute atomic E-state index is 12.1. The van der Waals surface area contributed by atoms with Gasteiger partial charge in [-0.25, -0.2) is 8.99 Å². The maximum Gasteiger partial charge on any atom is 0.306 e. The summed E-state index contributed by atoms with van der Waals surface area (Å²) in [7, 11) is -2.77. The molecule has 1 aromatic rings. The summed E-state index contributed by atoms with van der Waals surface area (Å²) in [4.78, 5) is 11.1. The molecule has 2 atom stereocenters. The molecule has 1 aromatic carbocycles. The molecule has 94 valence electrons. The van der Waals surface area contributed by atoms with Gasteiger partial charge in [0.25, 0.3) is 0 Å². The summed E-state index contributed by atoms with van der Waals surface area (Å²) in [5.41, 5.74) is 0. The molecule has 0 fully saturated rings. The van der Waals surface area contributed by atoms with Crippen LogP contribution in [0, 0.1) is 10.7 Å². The highest BCUT2D eigenvalue weighted by molar-refractivity contribution is 7.92. The first-order chi connectivity index (χ1) is 7.93. The molecule has 0 radical (unpaired) electrons. The van der Waals surface area contributed by atoms with Crippen LogP contribution >= 0.6 is 0 Å². The van der Waals surface area contributed by atoms with Crippen molar-refractivity contribution in [3.63, 3.8) is 0 Å². The highest BCUT2D eigenvalue weighted by Crippen LogP contribution is 2.14. The Bertz CT molecular complexity index is 468. The van der Waals surface area contributed by atoms with Gasteiger partial charge in [-0.2, -0.15) is 0 Å². The molecule has 1 rings (SSSR count). The van der Waals surface area contributed by atoms with Crippen molar-refractivity contribution in [3.8, 4) is 0 Å². The smallest absolute Gasteiger partial charge is 0.306 e. The zero-order chi connectivity index (χ0) is 12.9. The van der Waals surface area contributed by atoms with Crippen LogP contribution in [-0.2, 0) is 14.5 Å². The molecular formula is C12H17NO3S. The van der Waals surface area contributed by atoms with Gasteiger partial charge in [0.05, 0.1) is 15.6 Å². The Kier molecular flexibility index (Phi) is 4.69. The van der Waals surface area contributed by atoms with E-state index in [4.69, 9.17) is 9.89 Å². The van der Waals surface area contributed by atoms with E-state index >= 15 is 0 Å². The lowest BCUT2D eigenvalue weighted by Gasteiger charge is -2.09. The number of hydrogen-bond donors (Lipinski definition) is 2. The maximum atomic E-state index is 12.1. The van der Waals surface area contributed by atoms with Gasteiger partial charge < -0.3 is 5.11 Å². The van der Waals surface area contributed by atoms with Crippen molar-refractivity contribution in [2.24, 2.45) is 5.92 Å². The molecule has 4 nitrogen and oxygen atoms in total. The van der Waals surface area contributed by atoms with E-state index in [0.717, 1.165) is 0 Å². The van der Waals surface area contributed by atoms with Gasteiger partial charge in [0, 0.05) is 10.6 Å². The van der Waals surface area contributed by atoms with Gasteiger partial charge in [-0.1, -0.05) is 25.1 Å². The third-order valence-corrected chi connectivity index (χ3v) is 4.51. The number of benzene rings is 1. The Morgan fingerprint density at radius 3 is 2.53 bits per heavy atom. The van der Waals surface area contributed by atoms with Gasteiger partial charge in [0.15, 0.2) is 0 Å². The summed E-state index contributed by atoms with van der Waals surface area (Å²) in [6.45, 7) is 1.62. The van der Waals surface area contributed by atoms with Crippen LogP contribution in [0.5, 0.6) is 0 Å². The number of carboxylic acids is 1. The van der Waals surface area contributed by atoms with Gasteiger partial charge in [0.2, 0.25) is 0 Å². The zero-order valence-corrected chi connectivity index (χ0v) is 10.6. The second kappa shape index (κ2) is 5.82. The summed E-state index contributed by atoms with van der Waals surface area (Å²) < 4.78 is 19.9. The van der Waals surface area contributed by atoms with Crippen molar-refractivity contribution in [2.45, 2.75) is 24.7 Å². The fraction of sp³-hybridized carbons (Fsp3) is 0.417. The lowest BCUT2D eigenvalue weighted by atomic mass is 10.1. The predicted molar refractivity (Wildman–Crippen MR) is 66.5 cm³/mol. The molecule has 5 heteroatoms. The van der Waals surface area contributed by atoms with Gasteiger partial charge in [-0.15, -0.1) is 0 Å². The number of nitrogens with one attached hydrogen (secondary N) is 1. The standard InChI is InChI=1S/C12H17NO3S/c1-10(12(14)15)6-5-9-17(13,16)11-7-3-2-4-8-11/h2-4,7-8,10,13H,5-6,9H2,1H3,(H,14,15)/t10-,17?/m0/s1. The van der Waals surface area contributed by atoms with Gasteiger partial charge in [0.1, 0.15) is 0 Å². The number of rotatable bonds is 6. The van der Waals surface area contributed by atoms with Crippen molar-refractivity contribution >= 4 is 15.7 Å². The van der Waals surface area contributed by atoms with E-state index in [9.17, 15) is 9.00 Å². The topological polar surface area (TPSA) is 78.2 Å². The fourth-order valence-corrected chi connectivity index (χ4v) is 2.88. The van der Waals surface area contributed by atoms with Crippen LogP contribution in [0.1, 0.15) is 19.8 Å². The second-order valence-corrected chi connectivity index (χ2v) is 6.30. The van der Waals surface area contributed by atoms with E-state index in [0.29, 0.717) is 17.7 Å². The van der Waals surface area contributed by atoms with Crippen LogP contribution in [0.2, 0.25) is 0 Å². The first kappa shape index (κ1) is 13.7. The third-order valence-electron chi connectivity index (χ3n) is 2.61. The Hall–Kier alpha value is -1.36. The molecular weight excluding hydrogens is 238 g/mol. The molecule has 0 saturated heterocycles. The summed E-state index contributed by atoms with van der Waals surface area (Å²) in [5, 5.41) is 8.71. The molecule has 17 heavy (non-hydrogen) atoms. The average Bonchev–Trinajstić information content (AvgIpc) is 2.29. The predicted octanol–water partition coefficient (Wildman–Crippen LogP) is 2.59. The molecule has 0 heterocycles. The number of hydrogen-bond acceptors (Lipinski definition) is 3. The molecule has 0 aliphatic rings. The highest BCUT2D eigenvalue weighted by Gasteiger charge is 2.13. The summed E-state index contributed by atoms with van der Waals surface area (Å²) in [6.07, 6.45) is 0.947. The summed E-state index contributed by atoms with van der Waals surface area (Å²) >= 11 is 0. The largest absolute Gasteiger partial charge is 0.481 e. The Balaban J connectivity index is 2.55. The molecule has 0 spiro atoms. The summed E-state index contributed by atoms with van der Waals surface area (Å²) in [6, 6.07) is 8.67. The monoisotopic (exact) mass is 255 g/mol. The van der Waals surface area contributed by atoms with Crippen LogP contribution in [0.15, 0.2) is 35.2 Å². The van der Waals surface area contributed by atoms with Crippen LogP contribution in [0.3, 0.4) is 0 Å². The zero-order valence-electron chi connectivity index (χ0n) is 9.76. The SMILES string of the molecule is C[C@@H](CCCS(=N)(=O)c1ccccc1)C(=O)O. The number of carbonyl (C=O) groups is 1. The lowest BCUT2D eigenvalue weighted by Crippen LogP contribution is -2.12. The lowest BCUT2D eigenvalue weighted by molar-refractivity contribution is -0.141. The molecule has 1 unspecified atom stereocenters. The highest BCUT2D eigenvalue weighted by atomic mass is 32.2. The first-order valence-electron chi connectivity index (χ1n) is 5.48. The van der Waals surface area contributed by atoms with Crippen molar-refractivity contribution in [1.29, 1.82) is 4.78 Å². The average molecular weight is 255 g/mol. The normalized spacial score (nSPS) is 16.1. The quantitative estimate of drug-likeness (QED) is 0.820. The minimum atomic E-state index is -2.77. The van der Waals surface area contributed by atoms with Gasteiger partial charge in [-0.05, 0) is 25.0 Å². The Labute approximate surface area is 102 Å². The molecule has 0 bridgehead atoms. The number of aliphatic carboxylic acids is 1. The molecule has 0 aliphatic carbocycles. The summed E-state index contributed by atoms with van der Waals surface area (Å²) in [5.74, 6) is -1.07. The van der Waals surface area contributed by atoms with Crippen LogP contribution in [0.25, 0.3) is 0 Å². The van der Waals surface area contributed by atoms with Crippen molar-refractivity contribution in [3.05, 3.63) is 30.3 Å². The molecule has 2 N–H and O–H groups in total. The molecule has 0 aromatic heterocycles. The minimum Gasteiger partial charge on any atom is -0.481 e. The van der Waals surface area contributed by atoms with E-state index in [2.05, 4.69) is 0 Å². The first-order valence-corrected chi connectivity index (χ1v) is 7.20. The molecule has 0 saturated carbocycles. The van der Waals surface area contributed by atoms with Crippen LogP contribution < -0.4 is 0 Å². The van der Waals surface area contributed by atoms with Crippen LogP contribution in [-0.4, -0.2) is 21.0 Å². The van der Waals surface area contributed by atoms with Crippen molar-refractivity contribution in [2.75, 3.05) is 5.75 Å². The van der Waals surface area contributed by atoms with Crippen molar-refractivity contribution < 1.29 is 14.1 Å². The van der Waals surface area contributed by atoms with Crippen LogP contribution in [0.4, 0.5) is 0 Å². The van der Waals surface area contributed by atoms with Crippen molar-refractivity contribution in [1.82, 2.24) is 0 Å². The Morgan fingerprint density at radius 1 is 1.41 bits per heavy atom. The van der Waals surface area contributed by atoms with E-state index in [-0.39, 0.29) is 5.75 Å².